The van der Waals surface area contributed by atoms with Crippen LogP contribution in [0.1, 0.15) is 27.7 Å². The Morgan fingerprint density at radius 2 is 0.678 bits per heavy atom. The molecule has 0 spiro atoms. The fourth-order valence-corrected chi connectivity index (χ4v) is 16.2. The average Bonchev–Trinajstić information content (AvgIpc) is 1.69. The molecule has 4 aliphatic rings. The molecule has 0 atom stereocenters. The SMILES string of the molecule is CC(C)N(c1ccccc1)c1cc2c3c(c1)-n1c4ccccc4c4cccc(c41)B3c1cc3c(cc1N2c1ccccc1)oc1cc2c(cc13)B1c3c(cc(N(c4ccccc4)C(C)C)cc3-n3c4ccccc4c4cccc1c43)N2c1ccccc1. The molecule has 0 fully saturated rings. The van der Waals surface area contributed by atoms with Gasteiger partial charge in [0.05, 0.1) is 11.0 Å². The minimum Gasteiger partial charge on any atom is -0.456 e. The van der Waals surface area contributed by atoms with Gasteiger partial charge < -0.3 is 33.2 Å². The normalized spacial score (nSPS) is 13.4. The number of furan rings is 1. The third-order valence-electron chi connectivity index (χ3n) is 19.4. The maximum Gasteiger partial charge on any atom is 0.252 e. The van der Waals surface area contributed by atoms with E-state index < -0.39 is 0 Å². The van der Waals surface area contributed by atoms with Crippen molar-refractivity contribution in [2.45, 2.75) is 39.8 Å². The maximum absolute atomic E-state index is 7.47. The van der Waals surface area contributed by atoms with Gasteiger partial charge in [-0.05, 0) is 145 Å². The summed E-state index contributed by atoms with van der Waals surface area (Å²) >= 11 is 0. The Morgan fingerprint density at radius 3 is 1.09 bits per heavy atom. The molecule has 0 radical (unpaired) electrons. The second kappa shape index (κ2) is 18.0. The second-order valence-corrected chi connectivity index (χ2v) is 24.7. The molecular formula is C78H56B2N6O. The Balaban J connectivity index is 0.910. The molecule has 0 saturated heterocycles. The van der Waals surface area contributed by atoms with E-state index in [1.807, 2.05) is 0 Å². The predicted molar refractivity (Wildman–Crippen MR) is 369 cm³/mol. The lowest BCUT2D eigenvalue weighted by Crippen LogP contribution is -2.60. The van der Waals surface area contributed by atoms with E-state index in [0.717, 1.165) is 78.8 Å². The molecule has 0 saturated carbocycles. The fraction of sp³-hybridized carbons (Fsp3) is 0.0769. The van der Waals surface area contributed by atoms with Crippen molar-refractivity contribution in [2.24, 2.45) is 0 Å². The van der Waals surface area contributed by atoms with Crippen molar-refractivity contribution < 1.29 is 4.42 Å². The molecule has 9 heteroatoms. The predicted octanol–water partition coefficient (Wildman–Crippen LogP) is 16.1. The van der Waals surface area contributed by atoms with Gasteiger partial charge in [-0.25, -0.2) is 0 Å². The van der Waals surface area contributed by atoms with Gasteiger partial charge in [0.1, 0.15) is 11.2 Å². The molecule has 87 heavy (non-hydrogen) atoms. The Kier molecular flexibility index (Phi) is 10.1. The molecule has 12 aromatic carbocycles. The molecule has 15 aromatic rings. The standard InChI is InChI=1S/C78H56B2N6O/c1-47(2)81(49-23-9-5-10-24-49)53-39-69-75-71(41-53)85-65-37-19-17-31-55(65)57-33-21-35-61(77(57)85)79(75)63-43-59-60-44-64-68(46-74(60)87-73(59)45-67(63)83(69)51-27-13-7-14-28-51)84(52-29-15-8-16-30-52)70-40-54(82(48(3)4)50-25-11-6-12-26-50)42-72-76(70)80(64)62-36-22-34-58-56-32-18-20-38-66(56)86(72)78(58)62/h5-48H,1-4H3. The summed E-state index contributed by atoms with van der Waals surface area (Å²) in [5.74, 6) is 0. The number of fused-ring (bicyclic) bond motifs is 17. The minimum absolute atomic E-state index is 0.0907. The van der Waals surface area contributed by atoms with Gasteiger partial charge >= 0.3 is 0 Å². The van der Waals surface area contributed by atoms with Crippen molar-refractivity contribution in [1.29, 1.82) is 0 Å². The van der Waals surface area contributed by atoms with Gasteiger partial charge in [0, 0.05) is 136 Å². The van der Waals surface area contributed by atoms with E-state index >= 15 is 0 Å². The van der Waals surface area contributed by atoms with Crippen molar-refractivity contribution in [3.8, 4) is 11.4 Å². The smallest absolute Gasteiger partial charge is 0.252 e. The van der Waals surface area contributed by atoms with Crippen LogP contribution < -0.4 is 52.4 Å². The van der Waals surface area contributed by atoms with Crippen molar-refractivity contribution in [3.05, 3.63) is 255 Å². The third-order valence-corrected chi connectivity index (χ3v) is 19.4. The first kappa shape index (κ1) is 48.7. The number of anilines is 10. The highest BCUT2D eigenvalue weighted by Gasteiger charge is 2.46. The average molecular weight is 1110 g/mol. The maximum atomic E-state index is 7.47. The number of rotatable bonds is 8. The quantitative estimate of drug-likeness (QED) is 0.142. The summed E-state index contributed by atoms with van der Waals surface area (Å²) in [4.78, 5) is 10.0. The van der Waals surface area contributed by atoms with E-state index in [-0.39, 0.29) is 25.5 Å². The van der Waals surface area contributed by atoms with Crippen LogP contribution >= 0.6 is 0 Å². The third kappa shape index (κ3) is 6.63. The van der Waals surface area contributed by atoms with Gasteiger partial charge in [0.15, 0.2) is 0 Å². The summed E-state index contributed by atoms with van der Waals surface area (Å²) < 4.78 is 12.6. The lowest BCUT2D eigenvalue weighted by Gasteiger charge is -2.42. The first-order chi connectivity index (χ1) is 42.9. The highest BCUT2D eigenvalue weighted by atomic mass is 16.3. The number of nitrogens with zero attached hydrogens (tertiary/aromatic N) is 6. The van der Waals surface area contributed by atoms with Crippen LogP contribution in [-0.2, 0) is 0 Å². The number of hydrogen-bond acceptors (Lipinski definition) is 5. The van der Waals surface area contributed by atoms with Crippen LogP contribution in [0.15, 0.2) is 259 Å². The summed E-state index contributed by atoms with van der Waals surface area (Å²) in [5, 5.41) is 7.28. The molecule has 4 aliphatic heterocycles. The highest BCUT2D eigenvalue weighted by molar-refractivity contribution is 7.01. The van der Waals surface area contributed by atoms with Crippen molar-refractivity contribution >= 4 is 169 Å². The molecule has 7 nitrogen and oxygen atoms in total. The van der Waals surface area contributed by atoms with Crippen LogP contribution in [-0.4, -0.2) is 34.6 Å². The van der Waals surface area contributed by atoms with Crippen LogP contribution in [0.2, 0.25) is 0 Å². The van der Waals surface area contributed by atoms with Gasteiger partial charge in [-0.1, -0.05) is 158 Å². The van der Waals surface area contributed by atoms with Crippen molar-refractivity contribution in [3.63, 3.8) is 0 Å². The number of para-hydroxylation sites is 8. The Labute approximate surface area is 504 Å². The Bertz CT molecular complexity index is 5070. The summed E-state index contributed by atoms with van der Waals surface area (Å²) in [6.07, 6.45) is 0. The van der Waals surface area contributed by atoms with E-state index in [1.165, 1.54) is 87.8 Å². The van der Waals surface area contributed by atoms with Gasteiger partial charge in [-0.15, -0.1) is 0 Å². The molecule has 0 unspecified atom stereocenters. The van der Waals surface area contributed by atoms with Gasteiger partial charge in [-0.2, -0.15) is 0 Å². The van der Waals surface area contributed by atoms with Crippen LogP contribution in [0.4, 0.5) is 56.9 Å². The molecule has 410 valence electrons. The van der Waals surface area contributed by atoms with E-state index in [9.17, 15) is 0 Å². The summed E-state index contributed by atoms with van der Waals surface area (Å²) in [5.41, 5.74) is 28.2. The molecule has 3 aromatic heterocycles. The Hall–Kier alpha value is -10.6. The van der Waals surface area contributed by atoms with Gasteiger partial charge in [0.25, 0.3) is 13.4 Å². The lowest BCUT2D eigenvalue weighted by molar-refractivity contribution is 0.669. The number of hydrogen-bond donors (Lipinski definition) is 0. The second-order valence-electron chi connectivity index (χ2n) is 24.7. The summed E-state index contributed by atoms with van der Waals surface area (Å²) in [6, 6.07) is 95.7. The van der Waals surface area contributed by atoms with Crippen LogP contribution in [0.25, 0.3) is 76.9 Å². The lowest BCUT2D eigenvalue weighted by atomic mass is 9.33. The zero-order chi connectivity index (χ0) is 57.5. The number of benzene rings is 12. The molecule has 0 amide bonds. The summed E-state index contributed by atoms with van der Waals surface area (Å²) in [6.45, 7) is 9.02. The van der Waals surface area contributed by atoms with E-state index in [0.29, 0.717) is 0 Å². The molecule has 0 aliphatic carbocycles. The zero-order valence-electron chi connectivity index (χ0n) is 48.6. The van der Waals surface area contributed by atoms with Crippen molar-refractivity contribution in [1.82, 2.24) is 9.13 Å². The monoisotopic (exact) mass is 1110 g/mol. The van der Waals surface area contributed by atoms with Gasteiger partial charge in [-0.3, -0.25) is 0 Å². The highest BCUT2D eigenvalue weighted by Crippen LogP contribution is 2.49. The molecule has 0 N–H and O–H groups in total. The molecule has 0 bridgehead atoms. The van der Waals surface area contributed by atoms with Crippen LogP contribution in [0.5, 0.6) is 0 Å². The van der Waals surface area contributed by atoms with Crippen LogP contribution in [0, 0.1) is 0 Å². The fourth-order valence-electron chi connectivity index (χ4n) is 16.2. The molecule has 19 rings (SSSR count). The summed E-state index contributed by atoms with van der Waals surface area (Å²) in [7, 11) is 0. The first-order valence-corrected chi connectivity index (χ1v) is 30.7. The van der Waals surface area contributed by atoms with Gasteiger partial charge in [0.2, 0.25) is 0 Å². The van der Waals surface area contributed by atoms with Crippen LogP contribution in [0.3, 0.4) is 0 Å². The van der Waals surface area contributed by atoms with E-state index in [1.54, 1.807) is 0 Å². The topological polar surface area (TPSA) is 36.0 Å². The molecule has 7 heterocycles. The minimum atomic E-state index is -0.0907. The number of aromatic nitrogens is 2. The largest absolute Gasteiger partial charge is 0.456 e. The first-order valence-electron chi connectivity index (χ1n) is 30.7. The zero-order valence-corrected chi connectivity index (χ0v) is 48.6. The van der Waals surface area contributed by atoms with E-state index in [4.69, 9.17) is 4.42 Å². The van der Waals surface area contributed by atoms with Crippen molar-refractivity contribution in [2.75, 3.05) is 19.6 Å². The molecular weight excluding hydrogens is 1060 g/mol. The van der Waals surface area contributed by atoms with E-state index in [2.05, 4.69) is 311 Å². The Morgan fingerprint density at radius 1 is 0.310 bits per heavy atom.